The summed E-state index contributed by atoms with van der Waals surface area (Å²) in [6.07, 6.45) is 0. The van der Waals surface area contributed by atoms with Crippen molar-refractivity contribution in [1.29, 1.82) is 0 Å². The molecule has 2 rings (SSSR count). The predicted octanol–water partition coefficient (Wildman–Crippen LogP) is 3.71. The van der Waals surface area contributed by atoms with Crippen molar-refractivity contribution in [3.8, 4) is 0 Å². The molecular weight excluding hydrogens is 273 g/mol. The maximum absolute atomic E-state index is 13.5. The second-order valence-corrected chi connectivity index (χ2v) is 4.22. The molecule has 0 aliphatic rings. The average molecular weight is 282 g/mol. The van der Waals surface area contributed by atoms with E-state index in [1.165, 1.54) is 36.4 Å². The van der Waals surface area contributed by atoms with Gasteiger partial charge < -0.3 is 11.1 Å². The molecule has 98 valence electrons. The number of nitrogens with zero attached hydrogens (tertiary/aromatic N) is 1. The van der Waals surface area contributed by atoms with Crippen LogP contribution in [0.25, 0.3) is 0 Å². The quantitative estimate of drug-likeness (QED) is 0.510. The highest BCUT2D eigenvalue weighted by Gasteiger charge is 2.12. The Bertz CT molecular complexity index is 649. The van der Waals surface area contributed by atoms with Gasteiger partial charge in [-0.3, -0.25) is 10.1 Å². The number of benzene rings is 2. The largest absolute Gasteiger partial charge is 0.393 e. The van der Waals surface area contributed by atoms with Crippen LogP contribution in [0, 0.1) is 15.9 Å². The molecule has 2 aromatic rings. The van der Waals surface area contributed by atoms with Gasteiger partial charge in [-0.05, 0) is 30.3 Å². The molecule has 3 N–H and O–H groups in total. The van der Waals surface area contributed by atoms with Crippen LogP contribution in [-0.4, -0.2) is 4.92 Å². The minimum Gasteiger partial charge on any atom is -0.393 e. The van der Waals surface area contributed by atoms with Crippen LogP contribution in [0.3, 0.4) is 0 Å². The van der Waals surface area contributed by atoms with E-state index in [1.54, 1.807) is 0 Å². The number of hydrogen-bond acceptors (Lipinski definition) is 4. The maximum atomic E-state index is 13.5. The summed E-state index contributed by atoms with van der Waals surface area (Å²) in [4.78, 5) is 10.0. The standard InChI is InChI=1S/C12H9ClFN3O2/c13-7-1-3-9(14)11(5-7)16-8-2-4-12(17(18)19)10(15)6-8/h1-6,16H,15H2. The van der Waals surface area contributed by atoms with Gasteiger partial charge in [-0.25, -0.2) is 4.39 Å². The van der Waals surface area contributed by atoms with Crippen LogP contribution in [-0.2, 0) is 0 Å². The number of halogens is 2. The summed E-state index contributed by atoms with van der Waals surface area (Å²) < 4.78 is 13.5. The SMILES string of the molecule is Nc1cc(Nc2cc(Cl)ccc2F)ccc1[N+](=O)[O-]. The third kappa shape index (κ3) is 2.92. The third-order valence-electron chi connectivity index (χ3n) is 2.43. The number of rotatable bonds is 3. The number of nitro benzene ring substituents is 1. The van der Waals surface area contributed by atoms with E-state index in [-0.39, 0.29) is 17.1 Å². The Morgan fingerprint density at radius 1 is 1.26 bits per heavy atom. The van der Waals surface area contributed by atoms with Crippen LogP contribution in [0.4, 0.5) is 27.1 Å². The highest BCUT2D eigenvalue weighted by molar-refractivity contribution is 6.30. The summed E-state index contributed by atoms with van der Waals surface area (Å²) in [5.74, 6) is -0.485. The first-order chi connectivity index (χ1) is 8.97. The zero-order valence-corrected chi connectivity index (χ0v) is 10.3. The van der Waals surface area contributed by atoms with Crippen molar-refractivity contribution in [3.05, 3.63) is 57.4 Å². The highest BCUT2D eigenvalue weighted by atomic mass is 35.5. The Morgan fingerprint density at radius 3 is 2.63 bits per heavy atom. The molecule has 0 heterocycles. The molecule has 0 saturated carbocycles. The Labute approximate surface area is 113 Å². The van der Waals surface area contributed by atoms with E-state index in [0.717, 1.165) is 0 Å². The Kier molecular flexibility index (Phi) is 3.52. The second-order valence-electron chi connectivity index (χ2n) is 3.78. The summed E-state index contributed by atoms with van der Waals surface area (Å²) in [7, 11) is 0. The maximum Gasteiger partial charge on any atom is 0.292 e. The molecule has 0 unspecified atom stereocenters. The molecule has 5 nitrogen and oxygen atoms in total. The van der Waals surface area contributed by atoms with Gasteiger partial charge in [0.2, 0.25) is 0 Å². The van der Waals surface area contributed by atoms with Gasteiger partial charge in [0.15, 0.2) is 0 Å². The van der Waals surface area contributed by atoms with Gasteiger partial charge in [0.05, 0.1) is 10.6 Å². The van der Waals surface area contributed by atoms with E-state index in [1.807, 2.05) is 0 Å². The summed E-state index contributed by atoms with van der Waals surface area (Å²) in [5, 5.41) is 13.7. The van der Waals surface area contributed by atoms with E-state index in [9.17, 15) is 14.5 Å². The van der Waals surface area contributed by atoms with Crippen LogP contribution < -0.4 is 11.1 Å². The lowest BCUT2D eigenvalue weighted by atomic mass is 10.2. The van der Waals surface area contributed by atoms with Crippen molar-refractivity contribution in [2.24, 2.45) is 0 Å². The molecule has 19 heavy (non-hydrogen) atoms. The first-order valence-corrected chi connectivity index (χ1v) is 5.61. The Hall–Kier alpha value is -2.34. The molecule has 0 fully saturated rings. The van der Waals surface area contributed by atoms with Crippen molar-refractivity contribution in [2.75, 3.05) is 11.1 Å². The fourth-order valence-corrected chi connectivity index (χ4v) is 1.72. The van der Waals surface area contributed by atoms with Gasteiger partial charge in [-0.1, -0.05) is 11.6 Å². The number of nitrogens with one attached hydrogen (secondary N) is 1. The average Bonchev–Trinajstić information content (AvgIpc) is 2.33. The van der Waals surface area contributed by atoms with Crippen molar-refractivity contribution < 1.29 is 9.31 Å². The lowest BCUT2D eigenvalue weighted by Gasteiger charge is -2.08. The van der Waals surface area contributed by atoms with Crippen LogP contribution in [0.15, 0.2) is 36.4 Å². The van der Waals surface area contributed by atoms with Crippen molar-refractivity contribution >= 4 is 34.4 Å². The molecule has 0 saturated heterocycles. The van der Waals surface area contributed by atoms with Crippen molar-refractivity contribution in [1.82, 2.24) is 0 Å². The van der Waals surface area contributed by atoms with Gasteiger partial charge in [0.25, 0.3) is 5.69 Å². The normalized spacial score (nSPS) is 10.2. The monoisotopic (exact) mass is 281 g/mol. The van der Waals surface area contributed by atoms with Crippen LogP contribution in [0.1, 0.15) is 0 Å². The molecule has 0 spiro atoms. The molecule has 0 aliphatic heterocycles. The molecule has 0 bridgehead atoms. The van der Waals surface area contributed by atoms with Crippen LogP contribution in [0.5, 0.6) is 0 Å². The Balaban J connectivity index is 2.31. The van der Waals surface area contributed by atoms with Gasteiger partial charge in [-0.15, -0.1) is 0 Å². The Morgan fingerprint density at radius 2 is 2.00 bits per heavy atom. The summed E-state index contributed by atoms with van der Waals surface area (Å²) in [6, 6.07) is 8.10. The van der Waals surface area contributed by atoms with Crippen molar-refractivity contribution in [2.45, 2.75) is 0 Å². The van der Waals surface area contributed by atoms with Gasteiger partial charge >= 0.3 is 0 Å². The predicted molar refractivity (Wildman–Crippen MR) is 72.2 cm³/mol. The molecule has 0 aliphatic carbocycles. The number of nitrogen functional groups attached to an aromatic ring is 1. The third-order valence-corrected chi connectivity index (χ3v) is 2.67. The molecule has 0 radical (unpaired) electrons. The minimum atomic E-state index is -0.584. The summed E-state index contributed by atoms with van der Waals surface area (Å²) >= 11 is 5.76. The van der Waals surface area contributed by atoms with Gasteiger partial charge in [0, 0.05) is 16.8 Å². The summed E-state index contributed by atoms with van der Waals surface area (Å²) in [6.45, 7) is 0. The lowest BCUT2D eigenvalue weighted by Crippen LogP contribution is -1.98. The lowest BCUT2D eigenvalue weighted by molar-refractivity contribution is -0.383. The number of anilines is 3. The number of hydrogen-bond donors (Lipinski definition) is 2. The molecule has 0 amide bonds. The van der Waals surface area contributed by atoms with Gasteiger partial charge in [0.1, 0.15) is 11.5 Å². The highest BCUT2D eigenvalue weighted by Crippen LogP contribution is 2.28. The fraction of sp³-hybridized carbons (Fsp3) is 0. The molecule has 0 atom stereocenters. The number of nitrogens with two attached hydrogens (primary N) is 1. The van der Waals surface area contributed by atoms with Crippen LogP contribution in [0.2, 0.25) is 5.02 Å². The minimum absolute atomic E-state index is 0.00237. The van der Waals surface area contributed by atoms with Crippen molar-refractivity contribution in [3.63, 3.8) is 0 Å². The van der Waals surface area contributed by atoms with E-state index in [4.69, 9.17) is 17.3 Å². The zero-order valence-electron chi connectivity index (χ0n) is 9.56. The second kappa shape index (κ2) is 5.11. The molecular formula is C12H9ClFN3O2. The summed E-state index contributed by atoms with van der Waals surface area (Å²) in [5.41, 5.74) is 5.94. The number of nitro groups is 1. The van der Waals surface area contributed by atoms with Gasteiger partial charge in [-0.2, -0.15) is 0 Å². The van der Waals surface area contributed by atoms with E-state index in [0.29, 0.717) is 10.7 Å². The molecule has 2 aromatic carbocycles. The molecule has 0 aromatic heterocycles. The van der Waals surface area contributed by atoms with Crippen LogP contribution >= 0.6 is 11.6 Å². The zero-order chi connectivity index (χ0) is 14.0. The van der Waals surface area contributed by atoms with E-state index < -0.39 is 10.7 Å². The van der Waals surface area contributed by atoms with E-state index in [2.05, 4.69) is 5.32 Å². The first-order valence-electron chi connectivity index (χ1n) is 5.23. The molecule has 7 heteroatoms. The first kappa shape index (κ1) is 13.1. The topological polar surface area (TPSA) is 81.2 Å². The smallest absolute Gasteiger partial charge is 0.292 e. The fourth-order valence-electron chi connectivity index (χ4n) is 1.55. The van der Waals surface area contributed by atoms with E-state index >= 15 is 0 Å².